The van der Waals surface area contributed by atoms with Crippen LogP contribution in [0.3, 0.4) is 0 Å². The van der Waals surface area contributed by atoms with Crippen LogP contribution in [0.4, 0.5) is 5.82 Å². The fourth-order valence-corrected chi connectivity index (χ4v) is 1.40. The molecule has 13 heavy (non-hydrogen) atoms. The fraction of sp³-hybridized carbons (Fsp3) is 0.222. The molecule has 1 aliphatic carbocycles. The maximum atomic E-state index is 10.2. The minimum Gasteiger partial charge on any atom is -0.245 e. The van der Waals surface area contributed by atoms with Crippen molar-refractivity contribution in [2.45, 2.75) is 12.3 Å². The van der Waals surface area contributed by atoms with Crippen molar-refractivity contribution < 1.29 is 4.98 Å². The van der Waals surface area contributed by atoms with Crippen molar-refractivity contribution >= 4 is 5.82 Å². The summed E-state index contributed by atoms with van der Waals surface area (Å²) in [6, 6.07) is 0. The van der Waals surface area contributed by atoms with E-state index in [2.05, 4.69) is 27.3 Å². The molecule has 1 heterocycles. The lowest BCUT2D eigenvalue weighted by molar-refractivity contribution is -0.389. The van der Waals surface area contributed by atoms with Crippen LogP contribution in [-0.4, -0.2) is 4.98 Å². The molecular weight excluding hydrogens is 166 g/mol. The monoisotopic (exact) mass is 176 g/mol. The Hall–Kier alpha value is -1.71. The number of aromatic amines is 2. The third-order valence-electron chi connectivity index (χ3n) is 2.08. The Labute approximate surface area is 75.4 Å². The minimum absolute atomic E-state index is 0.306. The molecule has 0 saturated carbocycles. The maximum absolute atomic E-state index is 10.2. The Morgan fingerprint density at radius 3 is 3.08 bits per heavy atom. The van der Waals surface area contributed by atoms with E-state index in [0.717, 1.165) is 12.2 Å². The molecule has 0 fully saturated rings. The smallest absolute Gasteiger partial charge is 0.245 e. The summed E-state index contributed by atoms with van der Waals surface area (Å²) in [6.45, 7) is 0. The van der Waals surface area contributed by atoms with Gasteiger partial charge in [0.25, 0.3) is 11.6 Å². The first-order valence-corrected chi connectivity index (χ1v) is 4.17. The number of nitrogens with zero attached hydrogens (tertiary/aromatic N) is 1. The van der Waals surface area contributed by atoms with E-state index in [4.69, 9.17) is 0 Å². The lowest BCUT2D eigenvalue weighted by atomic mass is 10.0. The molecule has 0 radical (unpaired) electrons. The van der Waals surface area contributed by atoms with Crippen molar-refractivity contribution in [2.24, 2.45) is 5.18 Å². The number of H-pyrrole nitrogens is 2. The first-order chi connectivity index (χ1) is 6.40. The van der Waals surface area contributed by atoms with Gasteiger partial charge in [-0.15, -0.1) is 4.91 Å². The summed E-state index contributed by atoms with van der Waals surface area (Å²) in [4.78, 5) is 16.1. The van der Waals surface area contributed by atoms with E-state index < -0.39 is 0 Å². The molecule has 0 spiro atoms. The largest absolute Gasteiger partial charge is 0.298 e. The average Bonchev–Trinajstić information content (AvgIpc) is 2.67. The van der Waals surface area contributed by atoms with Gasteiger partial charge >= 0.3 is 0 Å². The van der Waals surface area contributed by atoms with Gasteiger partial charge in [0, 0.05) is 5.18 Å². The molecule has 1 atom stereocenters. The van der Waals surface area contributed by atoms with Gasteiger partial charge in [0.2, 0.25) is 0 Å². The number of nitrogens with one attached hydrogen (secondary N) is 2. The van der Waals surface area contributed by atoms with Crippen molar-refractivity contribution in [1.29, 1.82) is 0 Å². The van der Waals surface area contributed by atoms with Crippen molar-refractivity contribution in [3.63, 3.8) is 0 Å². The summed E-state index contributed by atoms with van der Waals surface area (Å²) in [7, 11) is 0. The van der Waals surface area contributed by atoms with Crippen LogP contribution in [0.1, 0.15) is 18.2 Å². The standard InChI is InChI=1S/C9H9N3O/c13-12-8-6-10-9(11-8)7-4-2-1-3-5-7/h1-4,6-7H,5H2,(H,10,11)/p+1. The Balaban J connectivity index is 2.20. The van der Waals surface area contributed by atoms with Crippen LogP contribution in [0, 0.1) is 4.91 Å². The lowest BCUT2D eigenvalue weighted by Crippen LogP contribution is -2.10. The molecule has 0 bridgehead atoms. The summed E-state index contributed by atoms with van der Waals surface area (Å²) in [5.74, 6) is 1.58. The van der Waals surface area contributed by atoms with Gasteiger partial charge in [-0.05, 0) is 6.42 Å². The Kier molecular flexibility index (Phi) is 2.04. The number of nitroso groups, excluding NO2 is 1. The molecule has 1 aromatic rings. The number of imidazole rings is 1. The molecule has 2 rings (SSSR count). The molecule has 0 aliphatic heterocycles. The van der Waals surface area contributed by atoms with Crippen LogP contribution < -0.4 is 4.98 Å². The minimum atomic E-state index is 0.306. The van der Waals surface area contributed by atoms with E-state index in [0.29, 0.717) is 11.7 Å². The van der Waals surface area contributed by atoms with Gasteiger partial charge in [0.1, 0.15) is 0 Å². The number of aromatic nitrogens is 2. The number of allylic oxidation sites excluding steroid dienone is 4. The topological polar surface area (TPSA) is 59.4 Å². The van der Waals surface area contributed by atoms with E-state index in [1.807, 2.05) is 12.2 Å². The molecule has 4 heteroatoms. The van der Waals surface area contributed by atoms with Crippen molar-refractivity contribution in [2.75, 3.05) is 0 Å². The Morgan fingerprint density at radius 2 is 2.46 bits per heavy atom. The van der Waals surface area contributed by atoms with Crippen molar-refractivity contribution in [3.05, 3.63) is 41.2 Å². The highest BCUT2D eigenvalue weighted by Gasteiger charge is 2.18. The molecule has 0 amide bonds. The first-order valence-electron chi connectivity index (χ1n) is 4.17. The van der Waals surface area contributed by atoms with E-state index in [9.17, 15) is 4.91 Å². The maximum Gasteiger partial charge on any atom is 0.298 e. The van der Waals surface area contributed by atoms with Crippen molar-refractivity contribution in [3.8, 4) is 0 Å². The molecule has 4 nitrogen and oxygen atoms in total. The van der Waals surface area contributed by atoms with E-state index in [1.165, 1.54) is 0 Å². The first kappa shape index (κ1) is 7.91. The van der Waals surface area contributed by atoms with Crippen LogP contribution in [0.2, 0.25) is 0 Å². The number of rotatable bonds is 2. The third kappa shape index (κ3) is 1.56. The summed E-state index contributed by atoms with van der Waals surface area (Å²) in [5.41, 5.74) is 0. The highest BCUT2D eigenvalue weighted by atomic mass is 16.3. The second-order valence-electron chi connectivity index (χ2n) is 2.96. The Bertz CT molecular complexity index is 365. The van der Waals surface area contributed by atoms with E-state index in [-0.39, 0.29) is 0 Å². The second kappa shape index (κ2) is 3.35. The van der Waals surface area contributed by atoms with Gasteiger partial charge < -0.3 is 0 Å². The van der Waals surface area contributed by atoms with Gasteiger partial charge in [-0.3, -0.25) is 0 Å². The molecular formula is C9H10N3O+. The molecule has 0 saturated heterocycles. The quantitative estimate of drug-likeness (QED) is 0.686. The predicted octanol–water partition coefficient (Wildman–Crippen LogP) is 1.83. The SMILES string of the molecule is O=Nc1c[nH+]c(C2C=CC=CC2)[nH]1. The average molecular weight is 176 g/mol. The zero-order chi connectivity index (χ0) is 9.10. The molecule has 66 valence electrons. The molecule has 1 aliphatic rings. The predicted molar refractivity (Wildman–Crippen MR) is 48.4 cm³/mol. The van der Waals surface area contributed by atoms with E-state index >= 15 is 0 Å². The molecule has 1 aromatic heterocycles. The van der Waals surface area contributed by atoms with Gasteiger partial charge in [0.15, 0.2) is 6.20 Å². The second-order valence-corrected chi connectivity index (χ2v) is 2.96. The molecule has 2 N–H and O–H groups in total. The summed E-state index contributed by atoms with van der Waals surface area (Å²) in [5, 5.41) is 2.81. The lowest BCUT2D eigenvalue weighted by Gasteiger charge is -2.04. The molecule has 0 aromatic carbocycles. The summed E-state index contributed by atoms with van der Waals surface area (Å²) in [6.07, 6.45) is 10.7. The van der Waals surface area contributed by atoms with Gasteiger partial charge in [-0.2, -0.15) is 0 Å². The van der Waals surface area contributed by atoms with Crippen LogP contribution in [0.5, 0.6) is 0 Å². The van der Waals surface area contributed by atoms with Crippen LogP contribution in [0.15, 0.2) is 35.7 Å². The van der Waals surface area contributed by atoms with E-state index in [1.54, 1.807) is 6.20 Å². The highest BCUT2D eigenvalue weighted by Crippen LogP contribution is 2.21. The zero-order valence-electron chi connectivity index (χ0n) is 7.03. The summed E-state index contributed by atoms with van der Waals surface area (Å²) >= 11 is 0. The highest BCUT2D eigenvalue weighted by molar-refractivity contribution is 5.24. The van der Waals surface area contributed by atoms with Crippen LogP contribution >= 0.6 is 0 Å². The fourth-order valence-electron chi connectivity index (χ4n) is 1.40. The van der Waals surface area contributed by atoms with Gasteiger partial charge in [0.05, 0.1) is 5.92 Å². The normalized spacial score (nSPS) is 20.5. The third-order valence-corrected chi connectivity index (χ3v) is 2.08. The van der Waals surface area contributed by atoms with Gasteiger partial charge in [-0.25, -0.2) is 9.97 Å². The van der Waals surface area contributed by atoms with Gasteiger partial charge in [-0.1, -0.05) is 24.3 Å². The molecule has 1 unspecified atom stereocenters. The zero-order valence-corrected chi connectivity index (χ0v) is 7.03. The van der Waals surface area contributed by atoms with Crippen LogP contribution in [0.25, 0.3) is 0 Å². The number of hydrogen-bond donors (Lipinski definition) is 1. The number of hydrogen-bond acceptors (Lipinski definition) is 2. The summed E-state index contributed by atoms with van der Waals surface area (Å²) < 4.78 is 0. The van der Waals surface area contributed by atoms with Crippen molar-refractivity contribution in [1.82, 2.24) is 4.98 Å². The van der Waals surface area contributed by atoms with Crippen LogP contribution in [-0.2, 0) is 0 Å². The Morgan fingerprint density at radius 1 is 1.54 bits per heavy atom.